The minimum absolute atomic E-state index is 0.212. The maximum atomic E-state index is 9.62. The van der Waals surface area contributed by atoms with Gasteiger partial charge in [0.05, 0.1) is 0 Å². The van der Waals surface area contributed by atoms with E-state index in [0.717, 1.165) is 12.2 Å². The molecule has 0 unspecified atom stereocenters. The van der Waals surface area contributed by atoms with Gasteiger partial charge in [0.2, 0.25) is 7.66 Å². The van der Waals surface area contributed by atoms with Gasteiger partial charge in [-0.15, -0.1) is 0 Å². The third-order valence-electron chi connectivity index (χ3n) is 0.348. The first-order valence-corrected chi connectivity index (χ1v) is 4.26. The first kappa shape index (κ1) is 6.45. The standard InChI is InChI=1S/C3H7OPS/c1-2-3-6-5-4/h2-3H2,1H3. The highest BCUT2D eigenvalue weighted by Gasteiger charge is 1.76. The lowest BCUT2D eigenvalue weighted by Gasteiger charge is -1.77. The van der Waals surface area contributed by atoms with Crippen LogP contribution < -0.4 is 0 Å². The maximum absolute atomic E-state index is 9.62. The van der Waals surface area contributed by atoms with E-state index in [4.69, 9.17) is 0 Å². The van der Waals surface area contributed by atoms with E-state index >= 15 is 0 Å². The van der Waals surface area contributed by atoms with E-state index in [0.29, 0.717) is 0 Å². The fraction of sp³-hybridized carbons (Fsp3) is 1.00. The van der Waals surface area contributed by atoms with Crippen molar-refractivity contribution in [3.63, 3.8) is 0 Å². The summed E-state index contributed by atoms with van der Waals surface area (Å²) >= 11 is 1.42. The summed E-state index contributed by atoms with van der Waals surface area (Å²) in [6.45, 7) is 2.07. The largest absolute Gasteiger partial charge is 0.262 e. The van der Waals surface area contributed by atoms with Crippen molar-refractivity contribution in [2.45, 2.75) is 13.3 Å². The van der Waals surface area contributed by atoms with Gasteiger partial charge in [0.15, 0.2) is 0 Å². The molecule has 1 nitrogen and oxygen atoms in total. The van der Waals surface area contributed by atoms with Crippen molar-refractivity contribution in [1.82, 2.24) is 0 Å². The molecular weight excluding hydrogens is 115 g/mol. The fourth-order valence-corrected chi connectivity index (χ4v) is 1.16. The van der Waals surface area contributed by atoms with Crippen LogP contribution in [-0.2, 0) is 4.57 Å². The van der Waals surface area contributed by atoms with Crippen LogP contribution in [0.1, 0.15) is 13.3 Å². The Morgan fingerprint density at radius 1 is 1.83 bits per heavy atom. The minimum Gasteiger partial charge on any atom is -0.262 e. The van der Waals surface area contributed by atoms with Crippen molar-refractivity contribution in [2.24, 2.45) is 0 Å². The number of hydrogen-bond donors (Lipinski definition) is 0. The van der Waals surface area contributed by atoms with Gasteiger partial charge < -0.3 is 0 Å². The van der Waals surface area contributed by atoms with Crippen LogP contribution in [0.4, 0.5) is 0 Å². The highest BCUT2D eigenvalue weighted by Crippen LogP contribution is 2.16. The van der Waals surface area contributed by atoms with Gasteiger partial charge in [-0.3, -0.25) is 4.57 Å². The molecule has 0 aliphatic heterocycles. The van der Waals surface area contributed by atoms with Crippen LogP contribution >= 0.6 is 19.0 Å². The Kier molecular flexibility index (Phi) is 5.86. The molecule has 0 amide bonds. The van der Waals surface area contributed by atoms with E-state index in [1.54, 1.807) is 0 Å². The van der Waals surface area contributed by atoms with Gasteiger partial charge in [-0.1, -0.05) is 18.3 Å². The summed E-state index contributed by atoms with van der Waals surface area (Å²) in [6.07, 6.45) is 1.11. The Bertz CT molecular complexity index is 39.8. The summed E-state index contributed by atoms with van der Waals surface area (Å²) in [6, 6.07) is 0. The van der Waals surface area contributed by atoms with Crippen molar-refractivity contribution in [3.05, 3.63) is 0 Å². The SMILES string of the molecule is CCCSP=O. The van der Waals surface area contributed by atoms with E-state index < -0.39 is 0 Å². The summed E-state index contributed by atoms with van der Waals surface area (Å²) < 4.78 is 9.62. The average molecular weight is 122 g/mol. The van der Waals surface area contributed by atoms with Crippen LogP contribution in [0.3, 0.4) is 0 Å². The van der Waals surface area contributed by atoms with E-state index in [9.17, 15) is 4.57 Å². The lowest BCUT2D eigenvalue weighted by Crippen LogP contribution is -1.61. The van der Waals surface area contributed by atoms with Crippen molar-refractivity contribution in [3.8, 4) is 0 Å². The molecule has 0 N–H and O–H groups in total. The van der Waals surface area contributed by atoms with Crippen molar-refractivity contribution in [2.75, 3.05) is 5.75 Å². The molecule has 0 aromatic heterocycles. The normalized spacial score (nSPS) is 9.50. The van der Waals surface area contributed by atoms with Gasteiger partial charge in [-0.25, -0.2) is 0 Å². The smallest absolute Gasteiger partial charge is 0.226 e. The van der Waals surface area contributed by atoms with Gasteiger partial charge in [0.1, 0.15) is 0 Å². The molecule has 36 valence electrons. The van der Waals surface area contributed by atoms with E-state index in [1.807, 2.05) is 0 Å². The van der Waals surface area contributed by atoms with Crippen molar-refractivity contribution < 1.29 is 4.57 Å². The molecule has 0 radical (unpaired) electrons. The zero-order valence-electron chi connectivity index (χ0n) is 3.68. The second-order valence-corrected chi connectivity index (χ2v) is 2.95. The van der Waals surface area contributed by atoms with E-state index in [2.05, 4.69) is 6.92 Å². The lowest BCUT2D eigenvalue weighted by molar-refractivity contribution is 0.605. The molecule has 0 aromatic rings. The first-order valence-electron chi connectivity index (χ1n) is 1.86. The van der Waals surface area contributed by atoms with Crippen LogP contribution in [-0.4, -0.2) is 5.75 Å². The summed E-state index contributed by atoms with van der Waals surface area (Å²) in [7, 11) is 0.212. The molecule has 0 heterocycles. The number of hydrogen-bond acceptors (Lipinski definition) is 2. The molecule has 0 atom stereocenters. The van der Waals surface area contributed by atoms with Gasteiger partial charge in [0.25, 0.3) is 0 Å². The quantitative estimate of drug-likeness (QED) is 0.422. The van der Waals surface area contributed by atoms with Gasteiger partial charge in [-0.2, -0.15) is 0 Å². The Hall–Kier alpha value is 0.450. The molecule has 0 fully saturated rings. The molecule has 0 aliphatic rings. The molecule has 0 saturated heterocycles. The van der Waals surface area contributed by atoms with Crippen LogP contribution in [0, 0.1) is 0 Å². The summed E-state index contributed by atoms with van der Waals surface area (Å²) in [5.74, 6) is 1.01. The molecule has 0 aromatic carbocycles. The van der Waals surface area contributed by atoms with E-state index in [-0.39, 0.29) is 7.66 Å². The fourth-order valence-electron chi connectivity index (χ4n) is 0.129. The van der Waals surface area contributed by atoms with Crippen LogP contribution in [0.15, 0.2) is 0 Å². The molecule has 3 heteroatoms. The van der Waals surface area contributed by atoms with E-state index in [1.165, 1.54) is 11.4 Å². The average Bonchev–Trinajstić information content (AvgIpc) is 1.61. The lowest BCUT2D eigenvalue weighted by atomic mass is 10.6. The predicted molar refractivity (Wildman–Crippen MR) is 30.4 cm³/mol. The highest BCUT2D eigenvalue weighted by atomic mass is 32.7. The maximum Gasteiger partial charge on any atom is 0.226 e. The monoisotopic (exact) mass is 122 g/mol. The molecule has 0 rings (SSSR count). The Morgan fingerprint density at radius 3 is 2.67 bits per heavy atom. The zero-order valence-corrected chi connectivity index (χ0v) is 5.39. The first-order chi connectivity index (χ1) is 2.91. The molecule has 0 aliphatic carbocycles. The Balaban J connectivity index is 2.49. The highest BCUT2D eigenvalue weighted by molar-refractivity contribution is 8.45. The third-order valence-corrected chi connectivity index (χ3v) is 1.91. The molecule has 6 heavy (non-hydrogen) atoms. The topological polar surface area (TPSA) is 17.1 Å². The third kappa shape index (κ3) is 4.45. The summed E-state index contributed by atoms with van der Waals surface area (Å²) in [5, 5.41) is 0. The molecular formula is C3H7OPS. The van der Waals surface area contributed by atoms with Gasteiger partial charge >= 0.3 is 0 Å². The van der Waals surface area contributed by atoms with Gasteiger partial charge in [-0.05, 0) is 6.42 Å². The Morgan fingerprint density at radius 2 is 2.50 bits per heavy atom. The second kappa shape index (κ2) is 5.45. The van der Waals surface area contributed by atoms with Crippen LogP contribution in [0.25, 0.3) is 0 Å². The molecule has 0 saturated carbocycles. The predicted octanol–water partition coefficient (Wildman–Crippen LogP) is 2.34. The molecule has 0 bridgehead atoms. The van der Waals surface area contributed by atoms with Gasteiger partial charge in [0, 0.05) is 5.75 Å². The second-order valence-electron chi connectivity index (χ2n) is 0.908. The van der Waals surface area contributed by atoms with Crippen molar-refractivity contribution in [1.29, 1.82) is 0 Å². The Labute approximate surface area is 43.5 Å². The summed E-state index contributed by atoms with van der Waals surface area (Å²) in [5.41, 5.74) is 0. The molecule has 0 spiro atoms. The zero-order chi connectivity index (χ0) is 4.83. The van der Waals surface area contributed by atoms with Crippen LogP contribution in [0.2, 0.25) is 0 Å². The van der Waals surface area contributed by atoms with Crippen LogP contribution in [0.5, 0.6) is 0 Å². The minimum atomic E-state index is 0.212. The van der Waals surface area contributed by atoms with Crippen molar-refractivity contribution >= 4 is 19.0 Å². The summed E-state index contributed by atoms with van der Waals surface area (Å²) in [4.78, 5) is 0. The number of rotatable bonds is 3.